The van der Waals surface area contributed by atoms with Gasteiger partial charge in [-0.3, -0.25) is 0 Å². The molecule has 6 aromatic carbocycles. The maximum atomic E-state index is 6.22. The van der Waals surface area contributed by atoms with Gasteiger partial charge in [0, 0.05) is 0 Å². The Morgan fingerprint density at radius 3 is 1.20 bits per heavy atom. The van der Waals surface area contributed by atoms with Crippen LogP contribution >= 0.6 is 0 Å². The van der Waals surface area contributed by atoms with Crippen molar-refractivity contribution < 1.29 is 4.74 Å². The Bertz CT molecular complexity index is 1950. The Morgan fingerprint density at radius 2 is 0.773 bits per heavy atom. The first kappa shape index (κ1) is 28.2. The zero-order chi connectivity index (χ0) is 30.0. The summed E-state index contributed by atoms with van der Waals surface area (Å²) in [5.74, 6) is 8.06. The van der Waals surface area contributed by atoms with Crippen molar-refractivity contribution in [3.05, 3.63) is 192 Å². The minimum absolute atomic E-state index is 0.744. The van der Waals surface area contributed by atoms with Gasteiger partial charge >= 0.3 is 0 Å². The fourth-order valence-electron chi connectivity index (χ4n) is 4.68. The van der Waals surface area contributed by atoms with Crippen molar-refractivity contribution in [2.45, 2.75) is 6.92 Å². The molecular formula is C41H30N2O. The monoisotopic (exact) mass is 566 g/mol. The third-order valence-corrected chi connectivity index (χ3v) is 7.03. The van der Waals surface area contributed by atoms with Crippen LogP contribution in [0.5, 0.6) is 11.5 Å². The second-order valence-corrected chi connectivity index (χ2v) is 10.3. The van der Waals surface area contributed by atoms with Gasteiger partial charge in [-0.05, 0) is 114 Å². The molecule has 3 heteroatoms. The first-order valence-corrected chi connectivity index (χ1v) is 14.5. The Morgan fingerprint density at radius 1 is 0.409 bits per heavy atom. The highest BCUT2D eigenvalue weighted by atomic mass is 16.5. The van der Waals surface area contributed by atoms with Crippen LogP contribution in [0.2, 0.25) is 0 Å². The second-order valence-electron chi connectivity index (χ2n) is 10.3. The molecule has 0 bridgehead atoms. The maximum Gasteiger partial charge on any atom is 0.127 e. The topological polar surface area (TPSA) is 34.0 Å². The van der Waals surface area contributed by atoms with Crippen LogP contribution in [0.4, 0.5) is 11.4 Å². The van der Waals surface area contributed by atoms with E-state index in [2.05, 4.69) is 65.0 Å². The lowest BCUT2D eigenvalue weighted by Gasteiger charge is -2.10. The molecule has 6 aromatic rings. The molecule has 0 saturated carbocycles. The van der Waals surface area contributed by atoms with Gasteiger partial charge < -0.3 is 4.74 Å². The lowest BCUT2D eigenvalue weighted by molar-refractivity contribution is 0.482. The zero-order valence-corrected chi connectivity index (χ0v) is 24.4. The van der Waals surface area contributed by atoms with E-state index in [-0.39, 0.29) is 0 Å². The summed E-state index contributed by atoms with van der Waals surface area (Å²) < 4.78 is 6.22. The third-order valence-electron chi connectivity index (χ3n) is 7.03. The van der Waals surface area contributed by atoms with E-state index in [1.54, 1.807) is 0 Å². The van der Waals surface area contributed by atoms with Gasteiger partial charge in [-0.15, -0.1) is 0 Å². The van der Waals surface area contributed by atoms with Crippen molar-refractivity contribution in [2.75, 3.05) is 0 Å². The summed E-state index contributed by atoms with van der Waals surface area (Å²) in [5, 5.41) is 0. The predicted octanol–water partition coefficient (Wildman–Crippen LogP) is 10.7. The van der Waals surface area contributed by atoms with Crippen molar-refractivity contribution in [3.63, 3.8) is 0 Å². The molecule has 0 amide bonds. The number of benzene rings is 6. The molecule has 0 aliphatic rings. The highest BCUT2D eigenvalue weighted by Crippen LogP contribution is 2.29. The van der Waals surface area contributed by atoms with E-state index in [4.69, 9.17) is 4.74 Å². The molecule has 0 radical (unpaired) electrons. The number of para-hydroxylation sites is 1. The number of hydrogen-bond acceptors (Lipinski definition) is 3. The van der Waals surface area contributed by atoms with E-state index in [0.717, 1.165) is 56.3 Å². The van der Waals surface area contributed by atoms with Gasteiger partial charge in [0.05, 0.1) is 22.5 Å². The van der Waals surface area contributed by atoms with E-state index in [1.807, 2.05) is 127 Å². The molecule has 0 unspecified atom stereocenters. The third kappa shape index (κ3) is 7.26. The summed E-state index contributed by atoms with van der Waals surface area (Å²) in [6.07, 6.45) is 0. The van der Waals surface area contributed by atoms with E-state index in [9.17, 15) is 0 Å². The highest BCUT2D eigenvalue weighted by molar-refractivity contribution is 6.00. The average molecular weight is 567 g/mol. The van der Waals surface area contributed by atoms with Crippen LogP contribution in [-0.4, -0.2) is 11.7 Å². The molecule has 44 heavy (non-hydrogen) atoms. The van der Waals surface area contributed by atoms with Crippen LogP contribution < -0.4 is 4.74 Å². The van der Waals surface area contributed by atoms with E-state index in [0.29, 0.717) is 0 Å². The largest absolute Gasteiger partial charge is 0.457 e. The summed E-state index contributed by atoms with van der Waals surface area (Å²) in [6, 6.07) is 54.4. The van der Waals surface area contributed by atoms with Gasteiger partial charge in [0.15, 0.2) is 0 Å². The summed E-state index contributed by atoms with van der Waals surface area (Å²) in [5.41, 5.74) is 8.85. The minimum atomic E-state index is 0.744. The average Bonchev–Trinajstić information content (AvgIpc) is 3.09. The number of nitrogens with zero attached hydrogens (tertiary/aromatic N) is 2. The van der Waals surface area contributed by atoms with Gasteiger partial charge in [-0.25, -0.2) is 9.98 Å². The molecular weight excluding hydrogens is 536 g/mol. The van der Waals surface area contributed by atoms with Crippen molar-refractivity contribution in [1.29, 1.82) is 0 Å². The van der Waals surface area contributed by atoms with Crippen molar-refractivity contribution in [2.24, 2.45) is 9.98 Å². The first-order chi connectivity index (χ1) is 21.7. The van der Waals surface area contributed by atoms with Crippen LogP contribution in [0.1, 0.15) is 27.8 Å². The maximum absolute atomic E-state index is 6.22. The smallest absolute Gasteiger partial charge is 0.127 e. The normalized spacial score (nSPS) is 10.2. The second kappa shape index (κ2) is 13.8. The number of aryl methyl sites for hydroxylation is 1. The quantitative estimate of drug-likeness (QED) is 0.169. The summed E-state index contributed by atoms with van der Waals surface area (Å²) in [4.78, 5) is 9.23. The molecule has 0 heterocycles. The molecule has 3 nitrogen and oxygen atoms in total. The summed E-state index contributed by atoms with van der Waals surface area (Å²) in [7, 11) is 0. The van der Waals surface area contributed by atoms with Gasteiger partial charge in [-0.2, -0.15) is 0 Å². The van der Waals surface area contributed by atoms with Gasteiger partial charge in [0.2, 0.25) is 0 Å². The number of rotatable bonds is 8. The van der Waals surface area contributed by atoms with E-state index < -0.39 is 0 Å². The minimum Gasteiger partial charge on any atom is -0.457 e. The molecule has 0 aliphatic carbocycles. The lowest BCUT2D eigenvalue weighted by Crippen LogP contribution is -1.91. The standard InChI is InChI=1S/C41H30N2O/c1-31-17-23-37(24-18-31)43-30-41(33-13-7-3-8-14-33)35-21-27-39(28-22-35)44-38-25-19-34(20-26-38)40(32-11-5-2-6-12-32)29-42-36-15-9-4-10-16-36/h2-28H,1H3. The van der Waals surface area contributed by atoms with Crippen LogP contribution in [0.25, 0.3) is 11.1 Å². The lowest BCUT2D eigenvalue weighted by atomic mass is 9.99. The molecule has 0 aromatic heterocycles. The van der Waals surface area contributed by atoms with Gasteiger partial charge in [-0.1, -0.05) is 96.6 Å². The van der Waals surface area contributed by atoms with E-state index in [1.165, 1.54) is 5.56 Å². The fourth-order valence-corrected chi connectivity index (χ4v) is 4.68. The molecule has 0 fully saturated rings. The Balaban J connectivity index is 1.25. The Kier molecular flexibility index (Phi) is 8.82. The molecule has 6 rings (SSSR count). The van der Waals surface area contributed by atoms with Gasteiger partial charge in [0.1, 0.15) is 11.5 Å². The number of aliphatic imine (C=N–C) groups is 2. The summed E-state index contributed by atoms with van der Waals surface area (Å²) in [6.45, 7) is 2.07. The SMILES string of the molecule is Cc1ccc(N=C=C(c2ccccc2)c2ccc(Oc3ccc(C(=C=Nc4ccccc4)c4ccccc4)cc3)cc2)cc1. The van der Waals surface area contributed by atoms with Crippen LogP contribution in [0.3, 0.4) is 0 Å². The van der Waals surface area contributed by atoms with Gasteiger partial charge in [0.25, 0.3) is 0 Å². The van der Waals surface area contributed by atoms with Crippen LogP contribution in [-0.2, 0) is 0 Å². The zero-order valence-electron chi connectivity index (χ0n) is 24.4. The van der Waals surface area contributed by atoms with Crippen LogP contribution in [0.15, 0.2) is 174 Å². The molecule has 0 atom stereocenters. The molecule has 0 N–H and O–H groups in total. The van der Waals surface area contributed by atoms with Crippen molar-refractivity contribution >= 4 is 34.3 Å². The molecule has 0 saturated heterocycles. The molecule has 0 spiro atoms. The highest BCUT2D eigenvalue weighted by Gasteiger charge is 2.08. The summed E-state index contributed by atoms with van der Waals surface area (Å²) >= 11 is 0. The fraction of sp³-hybridized carbons (Fsp3) is 0.0244. The number of ether oxygens (including phenoxy) is 1. The number of hydrogen-bond donors (Lipinski definition) is 0. The molecule has 0 aliphatic heterocycles. The Hall–Kier alpha value is -5.98. The van der Waals surface area contributed by atoms with Crippen molar-refractivity contribution in [3.8, 4) is 11.5 Å². The van der Waals surface area contributed by atoms with E-state index >= 15 is 0 Å². The predicted molar refractivity (Wildman–Crippen MR) is 183 cm³/mol. The first-order valence-electron chi connectivity index (χ1n) is 14.5. The van der Waals surface area contributed by atoms with Crippen LogP contribution in [0, 0.1) is 6.92 Å². The van der Waals surface area contributed by atoms with Crippen molar-refractivity contribution in [1.82, 2.24) is 0 Å². The molecule has 210 valence electrons. The Labute approximate surface area is 258 Å².